The maximum atomic E-state index is 5.74. The molecule has 0 spiro atoms. The lowest BCUT2D eigenvalue weighted by atomic mass is 10.0. The first-order valence-electron chi connectivity index (χ1n) is 5.09. The van der Waals surface area contributed by atoms with Crippen molar-refractivity contribution in [1.82, 2.24) is 10.2 Å². The third-order valence-electron chi connectivity index (χ3n) is 2.74. The molecule has 1 aromatic rings. The summed E-state index contributed by atoms with van der Waals surface area (Å²) >= 11 is 5.74. The van der Waals surface area contributed by atoms with Gasteiger partial charge in [-0.05, 0) is 0 Å². The Labute approximate surface area is 99.1 Å². The summed E-state index contributed by atoms with van der Waals surface area (Å²) in [6, 6.07) is 1.73. The molecule has 0 aliphatic carbocycles. The summed E-state index contributed by atoms with van der Waals surface area (Å²) in [5, 5.41) is 11.0. The SMILES string of the molecule is COC1(CNc2cnnc(Cl)c2)CCOC1. The van der Waals surface area contributed by atoms with Crippen LogP contribution in [0.5, 0.6) is 0 Å². The van der Waals surface area contributed by atoms with Gasteiger partial charge in [0.25, 0.3) is 0 Å². The summed E-state index contributed by atoms with van der Waals surface area (Å²) in [4.78, 5) is 0. The monoisotopic (exact) mass is 243 g/mol. The first kappa shape index (κ1) is 11.6. The second-order valence-corrected chi connectivity index (χ2v) is 4.20. The van der Waals surface area contributed by atoms with Crippen molar-refractivity contribution in [3.63, 3.8) is 0 Å². The van der Waals surface area contributed by atoms with Crippen LogP contribution in [0.3, 0.4) is 0 Å². The van der Waals surface area contributed by atoms with Crippen LogP contribution in [0.25, 0.3) is 0 Å². The van der Waals surface area contributed by atoms with Gasteiger partial charge >= 0.3 is 0 Å². The van der Waals surface area contributed by atoms with Gasteiger partial charge in [-0.1, -0.05) is 11.6 Å². The highest BCUT2D eigenvalue weighted by Gasteiger charge is 2.34. The van der Waals surface area contributed by atoms with E-state index in [-0.39, 0.29) is 5.60 Å². The van der Waals surface area contributed by atoms with E-state index < -0.39 is 0 Å². The van der Waals surface area contributed by atoms with Crippen LogP contribution in [0, 0.1) is 0 Å². The number of hydrogen-bond donors (Lipinski definition) is 1. The van der Waals surface area contributed by atoms with E-state index in [0.29, 0.717) is 18.3 Å². The smallest absolute Gasteiger partial charge is 0.153 e. The molecule has 5 nitrogen and oxygen atoms in total. The van der Waals surface area contributed by atoms with Crippen molar-refractivity contribution in [2.24, 2.45) is 0 Å². The molecule has 0 radical (unpaired) electrons. The minimum atomic E-state index is -0.240. The van der Waals surface area contributed by atoms with Crippen LogP contribution in [0.1, 0.15) is 6.42 Å². The zero-order valence-electron chi connectivity index (χ0n) is 9.07. The van der Waals surface area contributed by atoms with Gasteiger partial charge in [0.15, 0.2) is 5.15 Å². The zero-order chi connectivity index (χ0) is 11.4. The van der Waals surface area contributed by atoms with Crippen LogP contribution >= 0.6 is 11.6 Å². The zero-order valence-corrected chi connectivity index (χ0v) is 9.83. The van der Waals surface area contributed by atoms with Crippen LogP contribution in [0.4, 0.5) is 5.69 Å². The summed E-state index contributed by atoms with van der Waals surface area (Å²) < 4.78 is 10.8. The fourth-order valence-corrected chi connectivity index (χ4v) is 1.82. The summed E-state index contributed by atoms with van der Waals surface area (Å²) in [7, 11) is 1.70. The summed E-state index contributed by atoms with van der Waals surface area (Å²) in [6.45, 7) is 2.03. The third kappa shape index (κ3) is 2.61. The molecule has 1 aliphatic heterocycles. The van der Waals surface area contributed by atoms with Gasteiger partial charge in [-0.2, -0.15) is 5.10 Å². The largest absolute Gasteiger partial charge is 0.381 e. The van der Waals surface area contributed by atoms with Crippen molar-refractivity contribution in [1.29, 1.82) is 0 Å². The minimum Gasteiger partial charge on any atom is -0.381 e. The van der Waals surface area contributed by atoms with Gasteiger partial charge in [-0.25, -0.2) is 0 Å². The number of aromatic nitrogens is 2. The van der Waals surface area contributed by atoms with Gasteiger partial charge in [0, 0.05) is 32.7 Å². The van der Waals surface area contributed by atoms with E-state index in [2.05, 4.69) is 15.5 Å². The molecule has 0 saturated carbocycles. The van der Waals surface area contributed by atoms with E-state index in [1.54, 1.807) is 19.4 Å². The molecule has 88 valence electrons. The first-order chi connectivity index (χ1) is 7.74. The predicted molar refractivity (Wildman–Crippen MR) is 60.7 cm³/mol. The lowest BCUT2D eigenvalue weighted by molar-refractivity contribution is -0.00620. The van der Waals surface area contributed by atoms with E-state index in [9.17, 15) is 0 Å². The highest BCUT2D eigenvalue weighted by Crippen LogP contribution is 2.23. The molecule has 6 heteroatoms. The van der Waals surface area contributed by atoms with Gasteiger partial charge in [0.05, 0.1) is 18.5 Å². The Morgan fingerprint density at radius 1 is 1.69 bits per heavy atom. The number of anilines is 1. The molecule has 1 N–H and O–H groups in total. The number of halogens is 1. The molecule has 0 bridgehead atoms. The molecular formula is C10H14ClN3O2. The Bertz CT molecular complexity index is 356. The van der Waals surface area contributed by atoms with Crippen LogP contribution in [-0.2, 0) is 9.47 Å². The summed E-state index contributed by atoms with van der Waals surface area (Å²) in [5.74, 6) is 0. The number of ether oxygens (including phenoxy) is 2. The average Bonchev–Trinajstić information content (AvgIpc) is 2.76. The molecule has 1 aromatic heterocycles. The number of hydrogen-bond acceptors (Lipinski definition) is 5. The molecule has 1 saturated heterocycles. The van der Waals surface area contributed by atoms with Gasteiger partial charge in [0.2, 0.25) is 0 Å². The molecule has 1 atom stereocenters. The second-order valence-electron chi connectivity index (χ2n) is 3.81. The van der Waals surface area contributed by atoms with E-state index in [1.807, 2.05) is 0 Å². The third-order valence-corrected chi connectivity index (χ3v) is 2.92. The Kier molecular flexibility index (Phi) is 3.58. The van der Waals surface area contributed by atoms with Gasteiger partial charge in [-0.15, -0.1) is 5.10 Å². The van der Waals surface area contributed by atoms with Gasteiger partial charge in [0.1, 0.15) is 5.60 Å². The maximum absolute atomic E-state index is 5.74. The van der Waals surface area contributed by atoms with Crippen LogP contribution < -0.4 is 5.32 Å². The standard InChI is InChI=1S/C10H14ClN3O2/c1-15-10(2-3-16-7-10)6-12-8-4-9(11)14-13-5-8/h4-5H,2-3,6-7H2,1H3,(H,12,14). The van der Waals surface area contributed by atoms with Crippen LogP contribution in [0.15, 0.2) is 12.3 Å². The van der Waals surface area contributed by atoms with Crippen molar-refractivity contribution < 1.29 is 9.47 Å². The Balaban J connectivity index is 1.95. The fourth-order valence-electron chi connectivity index (χ4n) is 1.66. The lowest BCUT2D eigenvalue weighted by Gasteiger charge is -2.26. The van der Waals surface area contributed by atoms with Crippen molar-refractivity contribution in [3.8, 4) is 0 Å². The average molecular weight is 244 g/mol. The van der Waals surface area contributed by atoms with Crippen molar-refractivity contribution in [2.75, 3.05) is 32.2 Å². The van der Waals surface area contributed by atoms with Crippen LogP contribution in [0.2, 0.25) is 5.15 Å². The molecule has 16 heavy (non-hydrogen) atoms. The molecule has 1 unspecified atom stereocenters. The molecule has 2 rings (SSSR count). The molecule has 0 aromatic carbocycles. The number of rotatable bonds is 4. The van der Waals surface area contributed by atoms with Gasteiger partial charge < -0.3 is 14.8 Å². The van der Waals surface area contributed by atoms with E-state index >= 15 is 0 Å². The van der Waals surface area contributed by atoms with E-state index in [4.69, 9.17) is 21.1 Å². The summed E-state index contributed by atoms with van der Waals surface area (Å²) in [6.07, 6.45) is 2.52. The quantitative estimate of drug-likeness (QED) is 0.865. The summed E-state index contributed by atoms with van der Waals surface area (Å²) in [5.41, 5.74) is 0.596. The van der Waals surface area contributed by atoms with E-state index in [1.165, 1.54) is 0 Å². The Morgan fingerprint density at radius 3 is 3.19 bits per heavy atom. The first-order valence-corrected chi connectivity index (χ1v) is 5.47. The minimum absolute atomic E-state index is 0.240. The topological polar surface area (TPSA) is 56.3 Å². The maximum Gasteiger partial charge on any atom is 0.153 e. The number of nitrogens with one attached hydrogen (secondary N) is 1. The van der Waals surface area contributed by atoms with Gasteiger partial charge in [-0.3, -0.25) is 0 Å². The second kappa shape index (κ2) is 4.95. The van der Waals surface area contributed by atoms with Crippen molar-refractivity contribution in [3.05, 3.63) is 17.4 Å². The Morgan fingerprint density at radius 2 is 2.56 bits per heavy atom. The highest BCUT2D eigenvalue weighted by atomic mass is 35.5. The molecular weight excluding hydrogens is 230 g/mol. The number of methoxy groups -OCH3 is 1. The van der Waals surface area contributed by atoms with Crippen LogP contribution in [-0.4, -0.2) is 42.7 Å². The fraction of sp³-hybridized carbons (Fsp3) is 0.600. The number of nitrogens with zero attached hydrogens (tertiary/aromatic N) is 2. The molecule has 1 fully saturated rings. The highest BCUT2D eigenvalue weighted by molar-refractivity contribution is 6.29. The van der Waals surface area contributed by atoms with Crippen molar-refractivity contribution in [2.45, 2.75) is 12.0 Å². The van der Waals surface area contributed by atoms with Crippen molar-refractivity contribution >= 4 is 17.3 Å². The molecule has 2 heterocycles. The molecule has 0 amide bonds. The lowest BCUT2D eigenvalue weighted by Crippen LogP contribution is -2.39. The Hall–Kier alpha value is -0.910. The van der Waals surface area contributed by atoms with E-state index in [0.717, 1.165) is 18.7 Å². The normalized spacial score (nSPS) is 24.6. The molecule has 1 aliphatic rings. The predicted octanol–water partition coefficient (Wildman–Crippen LogP) is 1.35.